The number of benzene rings is 1. The van der Waals surface area contributed by atoms with Gasteiger partial charge in [-0.1, -0.05) is 22.0 Å². The first-order valence-electron chi connectivity index (χ1n) is 5.69. The van der Waals surface area contributed by atoms with E-state index in [9.17, 15) is 0 Å². The minimum Gasteiger partial charge on any atom is -0.493 e. The van der Waals surface area contributed by atoms with E-state index in [1.807, 2.05) is 25.1 Å². The Morgan fingerprint density at radius 2 is 1.94 bits per heavy atom. The predicted octanol–water partition coefficient (Wildman–Crippen LogP) is 3.19. The summed E-state index contributed by atoms with van der Waals surface area (Å²) in [4.78, 5) is 0. The number of ether oxygens (including phenoxy) is 3. The zero-order valence-electron chi connectivity index (χ0n) is 10.4. The Hall–Kier alpha value is -0.580. The topological polar surface area (TPSA) is 27.7 Å². The van der Waals surface area contributed by atoms with Gasteiger partial charge in [0.15, 0.2) is 0 Å². The van der Waals surface area contributed by atoms with Crippen LogP contribution in [0, 0.1) is 6.92 Å². The van der Waals surface area contributed by atoms with Gasteiger partial charge in [0, 0.05) is 24.6 Å². The number of hydrogen-bond donors (Lipinski definition) is 0. The van der Waals surface area contributed by atoms with E-state index in [4.69, 9.17) is 14.2 Å². The number of aryl methyl sites for hydroxylation is 1. The van der Waals surface area contributed by atoms with Gasteiger partial charge < -0.3 is 14.2 Å². The number of methoxy groups -OCH3 is 1. The molecule has 17 heavy (non-hydrogen) atoms. The van der Waals surface area contributed by atoms with Crippen LogP contribution in [0.2, 0.25) is 0 Å². The molecule has 3 nitrogen and oxygen atoms in total. The minimum atomic E-state index is 0.644. The lowest BCUT2D eigenvalue weighted by Crippen LogP contribution is -2.07. The summed E-state index contributed by atoms with van der Waals surface area (Å²) in [6.07, 6.45) is 0.885. The Kier molecular flexibility index (Phi) is 7.24. The van der Waals surface area contributed by atoms with Gasteiger partial charge in [-0.3, -0.25) is 0 Å². The molecule has 0 unspecified atom stereocenters. The van der Waals surface area contributed by atoms with Gasteiger partial charge in [0.1, 0.15) is 5.75 Å². The van der Waals surface area contributed by atoms with Gasteiger partial charge in [-0.05, 0) is 24.6 Å². The van der Waals surface area contributed by atoms with Gasteiger partial charge in [0.05, 0.1) is 19.8 Å². The summed E-state index contributed by atoms with van der Waals surface area (Å²) in [5, 5.41) is 0. The molecule has 0 radical (unpaired) electrons. The SMILES string of the molecule is COCCOCCCOc1cc(Br)ccc1C. The van der Waals surface area contributed by atoms with Crippen LogP contribution < -0.4 is 4.74 Å². The van der Waals surface area contributed by atoms with Crippen molar-refractivity contribution < 1.29 is 14.2 Å². The monoisotopic (exact) mass is 302 g/mol. The molecule has 1 aromatic rings. The summed E-state index contributed by atoms with van der Waals surface area (Å²) in [5.74, 6) is 0.927. The fourth-order valence-corrected chi connectivity index (χ4v) is 1.66. The molecule has 0 aliphatic carbocycles. The standard InChI is InChI=1S/C13H19BrO3/c1-11-4-5-12(14)10-13(11)17-7-3-6-16-9-8-15-2/h4-5,10H,3,6-9H2,1-2H3. The lowest BCUT2D eigenvalue weighted by Gasteiger charge is -2.09. The summed E-state index contributed by atoms with van der Waals surface area (Å²) < 4.78 is 17.0. The van der Waals surface area contributed by atoms with Crippen LogP contribution in [0.1, 0.15) is 12.0 Å². The van der Waals surface area contributed by atoms with E-state index in [1.165, 1.54) is 0 Å². The number of rotatable bonds is 8. The second kappa shape index (κ2) is 8.50. The fraction of sp³-hybridized carbons (Fsp3) is 0.538. The number of halogens is 1. The van der Waals surface area contributed by atoms with E-state index in [1.54, 1.807) is 7.11 Å². The average molecular weight is 303 g/mol. The molecule has 1 aromatic carbocycles. The lowest BCUT2D eigenvalue weighted by molar-refractivity contribution is 0.0644. The molecule has 0 saturated carbocycles. The minimum absolute atomic E-state index is 0.644. The molecule has 4 heteroatoms. The first-order valence-corrected chi connectivity index (χ1v) is 6.49. The zero-order valence-corrected chi connectivity index (χ0v) is 12.0. The van der Waals surface area contributed by atoms with E-state index in [2.05, 4.69) is 15.9 Å². The summed E-state index contributed by atoms with van der Waals surface area (Å²) in [5.41, 5.74) is 1.15. The van der Waals surface area contributed by atoms with Crippen LogP contribution in [-0.4, -0.2) is 33.5 Å². The van der Waals surface area contributed by atoms with Gasteiger partial charge in [0.2, 0.25) is 0 Å². The maximum Gasteiger partial charge on any atom is 0.123 e. The highest BCUT2D eigenvalue weighted by Gasteiger charge is 2.00. The van der Waals surface area contributed by atoms with Gasteiger partial charge in [-0.15, -0.1) is 0 Å². The van der Waals surface area contributed by atoms with E-state index in [0.717, 1.165) is 22.2 Å². The maximum absolute atomic E-state index is 5.68. The Bertz CT molecular complexity index is 328. The molecule has 1 rings (SSSR count). The number of hydrogen-bond acceptors (Lipinski definition) is 3. The molecule has 0 N–H and O–H groups in total. The second-order valence-corrected chi connectivity index (χ2v) is 4.63. The quantitative estimate of drug-likeness (QED) is 0.690. The maximum atomic E-state index is 5.68. The van der Waals surface area contributed by atoms with Crippen molar-refractivity contribution in [2.75, 3.05) is 33.5 Å². The van der Waals surface area contributed by atoms with Crippen LogP contribution in [0.5, 0.6) is 5.75 Å². The van der Waals surface area contributed by atoms with Crippen molar-refractivity contribution in [2.45, 2.75) is 13.3 Å². The van der Waals surface area contributed by atoms with Crippen LogP contribution in [0.4, 0.5) is 0 Å². The molecule has 0 aromatic heterocycles. The van der Waals surface area contributed by atoms with E-state index in [-0.39, 0.29) is 0 Å². The van der Waals surface area contributed by atoms with Crippen molar-refractivity contribution in [1.82, 2.24) is 0 Å². The Balaban J connectivity index is 2.15. The fourth-order valence-electron chi connectivity index (χ4n) is 1.32. The van der Waals surface area contributed by atoms with Crippen LogP contribution >= 0.6 is 15.9 Å². The summed E-state index contributed by atoms with van der Waals surface area (Å²) >= 11 is 3.43. The predicted molar refractivity (Wildman–Crippen MR) is 71.7 cm³/mol. The van der Waals surface area contributed by atoms with E-state index < -0.39 is 0 Å². The highest BCUT2D eigenvalue weighted by atomic mass is 79.9. The van der Waals surface area contributed by atoms with Crippen molar-refractivity contribution >= 4 is 15.9 Å². The summed E-state index contributed by atoms with van der Waals surface area (Å²) in [6.45, 7) is 4.70. The van der Waals surface area contributed by atoms with Crippen LogP contribution in [0.25, 0.3) is 0 Å². The largest absolute Gasteiger partial charge is 0.493 e. The molecule has 0 spiro atoms. The molecular formula is C13H19BrO3. The molecule has 0 aliphatic rings. The zero-order chi connectivity index (χ0) is 12.5. The molecule has 96 valence electrons. The normalized spacial score (nSPS) is 10.5. The first kappa shape index (κ1) is 14.5. The van der Waals surface area contributed by atoms with Crippen LogP contribution in [-0.2, 0) is 9.47 Å². The first-order chi connectivity index (χ1) is 8.24. The highest BCUT2D eigenvalue weighted by Crippen LogP contribution is 2.22. The molecule has 0 fully saturated rings. The smallest absolute Gasteiger partial charge is 0.123 e. The summed E-state index contributed by atoms with van der Waals surface area (Å²) in [7, 11) is 1.67. The Morgan fingerprint density at radius 3 is 2.71 bits per heavy atom. The van der Waals surface area contributed by atoms with Crippen molar-refractivity contribution in [3.63, 3.8) is 0 Å². The van der Waals surface area contributed by atoms with Gasteiger partial charge in [-0.2, -0.15) is 0 Å². The van der Waals surface area contributed by atoms with Crippen molar-refractivity contribution in [3.05, 3.63) is 28.2 Å². The van der Waals surface area contributed by atoms with Gasteiger partial charge in [-0.25, -0.2) is 0 Å². The van der Waals surface area contributed by atoms with Crippen molar-refractivity contribution in [1.29, 1.82) is 0 Å². The van der Waals surface area contributed by atoms with E-state index in [0.29, 0.717) is 26.4 Å². The average Bonchev–Trinajstić information content (AvgIpc) is 2.32. The lowest BCUT2D eigenvalue weighted by atomic mass is 10.2. The molecule has 0 aliphatic heterocycles. The third-order valence-electron chi connectivity index (χ3n) is 2.27. The van der Waals surface area contributed by atoms with Crippen LogP contribution in [0.15, 0.2) is 22.7 Å². The summed E-state index contributed by atoms with van der Waals surface area (Å²) in [6, 6.07) is 6.03. The van der Waals surface area contributed by atoms with Crippen molar-refractivity contribution in [3.8, 4) is 5.75 Å². The molecule has 0 bridgehead atoms. The second-order valence-electron chi connectivity index (χ2n) is 3.72. The third kappa shape index (κ3) is 6.05. The Morgan fingerprint density at radius 1 is 1.12 bits per heavy atom. The van der Waals surface area contributed by atoms with Crippen LogP contribution in [0.3, 0.4) is 0 Å². The van der Waals surface area contributed by atoms with Gasteiger partial charge in [0.25, 0.3) is 0 Å². The van der Waals surface area contributed by atoms with Crippen molar-refractivity contribution in [2.24, 2.45) is 0 Å². The molecule has 0 amide bonds. The molecule has 0 heterocycles. The molecule has 0 saturated heterocycles. The highest BCUT2D eigenvalue weighted by molar-refractivity contribution is 9.10. The molecule has 0 atom stereocenters. The van der Waals surface area contributed by atoms with Gasteiger partial charge >= 0.3 is 0 Å². The molecular weight excluding hydrogens is 284 g/mol. The Labute approximate surface area is 111 Å². The third-order valence-corrected chi connectivity index (χ3v) is 2.77. The van der Waals surface area contributed by atoms with E-state index >= 15 is 0 Å².